The minimum Gasteiger partial charge on any atom is -0.485 e. The summed E-state index contributed by atoms with van der Waals surface area (Å²) in [4.78, 5) is 4.95. The van der Waals surface area contributed by atoms with E-state index in [9.17, 15) is 0 Å². The zero-order valence-electron chi connectivity index (χ0n) is 10.7. The molecule has 0 saturated carbocycles. The van der Waals surface area contributed by atoms with E-state index in [-0.39, 0.29) is 6.10 Å². The maximum Gasteiger partial charge on any atom is 0.129 e. The Hall–Kier alpha value is -2.29. The van der Waals surface area contributed by atoms with E-state index in [1.165, 1.54) is 0 Å². The second kappa shape index (κ2) is 5.14. The van der Waals surface area contributed by atoms with Crippen molar-refractivity contribution in [2.45, 2.75) is 12.5 Å². The number of hydrogen-bond donors (Lipinski definition) is 0. The summed E-state index contributed by atoms with van der Waals surface area (Å²) in [6.45, 7) is 0. The molecule has 0 radical (unpaired) electrons. The lowest BCUT2D eigenvalue weighted by Crippen LogP contribution is -2.21. The van der Waals surface area contributed by atoms with Crippen molar-refractivity contribution < 1.29 is 9.57 Å². The highest BCUT2D eigenvalue weighted by atomic mass is 16.6. The van der Waals surface area contributed by atoms with Crippen LogP contribution in [0.4, 0.5) is 0 Å². The van der Waals surface area contributed by atoms with E-state index in [4.69, 9.17) is 9.57 Å². The number of fused-ring (bicyclic) bond motifs is 1. The molecule has 1 aliphatic heterocycles. The van der Waals surface area contributed by atoms with Gasteiger partial charge in [-0.25, -0.2) is 0 Å². The Morgan fingerprint density at radius 3 is 2.58 bits per heavy atom. The van der Waals surface area contributed by atoms with E-state index < -0.39 is 0 Å². The van der Waals surface area contributed by atoms with E-state index >= 15 is 0 Å². The van der Waals surface area contributed by atoms with Gasteiger partial charge in [-0.3, -0.25) is 0 Å². The predicted octanol–water partition coefficient (Wildman–Crippen LogP) is 3.56. The van der Waals surface area contributed by atoms with Crippen LogP contribution in [0.1, 0.15) is 23.7 Å². The van der Waals surface area contributed by atoms with Crippen molar-refractivity contribution in [3.05, 3.63) is 65.7 Å². The van der Waals surface area contributed by atoms with Crippen LogP contribution in [0.15, 0.2) is 59.8 Å². The highest BCUT2D eigenvalue weighted by molar-refractivity contribution is 6.03. The van der Waals surface area contributed by atoms with Gasteiger partial charge in [0.05, 0.1) is 5.71 Å². The smallest absolute Gasteiger partial charge is 0.129 e. The maximum atomic E-state index is 6.06. The summed E-state index contributed by atoms with van der Waals surface area (Å²) in [5, 5.41) is 4.14. The molecule has 19 heavy (non-hydrogen) atoms. The fourth-order valence-electron chi connectivity index (χ4n) is 2.34. The summed E-state index contributed by atoms with van der Waals surface area (Å²) < 4.78 is 6.06. The van der Waals surface area contributed by atoms with Crippen LogP contribution < -0.4 is 4.74 Å². The van der Waals surface area contributed by atoms with Crippen LogP contribution in [0, 0.1) is 0 Å². The SMILES string of the molecule is CON=C1CC(c2ccccc2)Oc2ccccc21. The molecule has 0 aliphatic carbocycles. The van der Waals surface area contributed by atoms with E-state index in [2.05, 4.69) is 17.3 Å². The Labute approximate surface area is 112 Å². The first-order chi connectivity index (χ1) is 9.38. The minimum absolute atomic E-state index is 0.00926. The summed E-state index contributed by atoms with van der Waals surface area (Å²) >= 11 is 0. The van der Waals surface area contributed by atoms with Crippen LogP contribution in [-0.2, 0) is 4.84 Å². The largest absolute Gasteiger partial charge is 0.485 e. The van der Waals surface area contributed by atoms with Crippen LogP contribution in [0.5, 0.6) is 5.75 Å². The molecular formula is C16H15NO2. The van der Waals surface area contributed by atoms with Crippen LogP contribution in [0.2, 0.25) is 0 Å². The molecule has 1 unspecified atom stereocenters. The second-order valence-corrected chi connectivity index (χ2v) is 4.44. The number of hydrogen-bond acceptors (Lipinski definition) is 3. The van der Waals surface area contributed by atoms with E-state index in [0.29, 0.717) is 0 Å². The average molecular weight is 253 g/mol. The molecule has 2 aromatic rings. The normalized spacial score (nSPS) is 19.6. The Morgan fingerprint density at radius 2 is 1.79 bits per heavy atom. The molecule has 0 fully saturated rings. The van der Waals surface area contributed by atoms with Crippen LogP contribution in [-0.4, -0.2) is 12.8 Å². The van der Waals surface area contributed by atoms with Gasteiger partial charge in [0.15, 0.2) is 0 Å². The Kier molecular flexibility index (Phi) is 3.19. The zero-order valence-corrected chi connectivity index (χ0v) is 10.7. The first kappa shape index (κ1) is 11.8. The molecule has 96 valence electrons. The number of nitrogens with zero attached hydrogens (tertiary/aromatic N) is 1. The fraction of sp³-hybridized carbons (Fsp3) is 0.188. The van der Waals surface area contributed by atoms with Crippen molar-refractivity contribution in [2.75, 3.05) is 7.11 Å². The number of oxime groups is 1. The first-order valence-corrected chi connectivity index (χ1v) is 6.29. The van der Waals surface area contributed by atoms with Gasteiger partial charge in [0.25, 0.3) is 0 Å². The first-order valence-electron chi connectivity index (χ1n) is 6.29. The average Bonchev–Trinajstić information content (AvgIpc) is 2.48. The van der Waals surface area contributed by atoms with Crippen molar-refractivity contribution in [1.82, 2.24) is 0 Å². The van der Waals surface area contributed by atoms with Crippen molar-refractivity contribution in [2.24, 2.45) is 5.16 Å². The second-order valence-electron chi connectivity index (χ2n) is 4.44. The van der Waals surface area contributed by atoms with Gasteiger partial charge in [-0.2, -0.15) is 0 Å². The van der Waals surface area contributed by atoms with Gasteiger partial charge in [0, 0.05) is 12.0 Å². The van der Waals surface area contributed by atoms with Gasteiger partial charge in [0.2, 0.25) is 0 Å². The summed E-state index contributed by atoms with van der Waals surface area (Å²) in [7, 11) is 1.57. The van der Waals surface area contributed by atoms with Crippen LogP contribution >= 0.6 is 0 Å². The molecule has 3 heteroatoms. The molecule has 0 aromatic heterocycles. The lowest BCUT2D eigenvalue weighted by Gasteiger charge is -2.27. The molecule has 0 spiro atoms. The number of ether oxygens (including phenoxy) is 1. The summed E-state index contributed by atoms with van der Waals surface area (Å²) in [6, 6.07) is 18.1. The van der Waals surface area contributed by atoms with Gasteiger partial charge < -0.3 is 9.57 Å². The molecule has 2 aromatic carbocycles. The predicted molar refractivity (Wildman–Crippen MR) is 74.4 cm³/mol. The van der Waals surface area contributed by atoms with E-state index in [0.717, 1.165) is 29.0 Å². The lowest BCUT2D eigenvalue weighted by atomic mass is 9.96. The Morgan fingerprint density at radius 1 is 1.05 bits per heavy atom. The number of rotatable bonds is 2. The maximum absolute atomic E-state index is 6.06. The minimum atomic E-state index is -0.00926. The molecule has 1 atom stereocenters. The molecule has 3 rings (SSSR count). The van der Waals surface area contributed by atoms with E-state index in [1.54, 1.807) is 7.11 Å². The third-order valence-electron chi connectivity index (χ3n) is 3.22. The van der Waals surface area contributed by atoms with Crippen LogP contribution in [0.3, 0.4) is 0 Å². The molecule has 0 saturated heterocycles. The third-order valence-corrected chi connectivity index (χ3v) is 3.22. The zero-order chi connectivity index (χ0) is 13.1. The summed E-state index contributed by atoms with van der Waals surface area (Å²) in [5.41, 5.74) is 3.09. The molecule has 1 aliphatic rings. The molecular weight excluding hydrogens is 238 g/mol. The highest BCUT2D eigenvalue weighted by Crippen LogP contribution is 2.34. The van der Waals surface area contributed by atoms with Crippen molar-refractivity contribution in [3.8, 4) is 5.75 Å². The lowest BCUT2D eigenvalue weighted by molar-refractivity contribution is 0.190. The molecule has 0 bridgehead atoms. The van der Waals surface area contributed by atoms with Crippen molar-refractivity contribution in [3.63, 3.8) is 0 Å². The standard InChI is InChI=1S/C16H15NO2/c1-18-17-14-11-16(12-7-3-2-4-8-12)19-15-10-6-5-9-13(14)15/h2-10,16H,11H2,1H3. The van der Waals surface area contributed by atoms with E-state index in [1.807, 2.05) is 42.5 Å². The molecule has 1 heterocycles. The quantitative estimate of drug-likeness (QED) is 0.766. The van der Waals surface area contributed by atoms with Crippen LogP contribution in [0.25, 0.3) is 0 Å². The van der Waals surface area contributed by atoms with Crippen molar-refractivity contribution >= 4 is 5.71 Å². The van der Waals surface area contributed by atoms with Gasteiger partial charge in [-0.15, -0.1) is 0 Å². The molecule has 0 amide bonds. The summed E-state index contributed by atoms with van der Waals surface area (Å²) in [5.74, 6) is 0.860. The third kappa shape index (κ3) is 2.32. The number of para-hydroxylation sites is 1. The van der Waals surface area contributed by atoms with Gasteiger partial charge in [-0.1, -0.05) is 47.6 Å². The van der Waals surface area contributed by atoms with Crippen molar-refractivity contribution in [1.29, 1.82) is 0 Å². The topological polar surface area (TPSA) is 30.8 Å². The monoisotopic (exact) mass is 253 g/mol. The Bertz CT molecular complexity index is 593. The van der Waals surface area contributed by atoms with Gasteiger partial charge in [0.1, 0.15) is 19.0 Å². The highest BCUT2D eigenvalue weighted by Gasteiger charge is 2.26. The fourth-order valence-corrected chi connectivity index (χ4v) is 2.34. The molecule has 3 nitrogen and oxygen atoms in total. The number of benzene rings is 2. The Balaban J connectivity index is 2.00. The molecule has 0 N–H and O–H groups in total. The van der Waals surface area contributed by atoms with Gasteiger partial charge in [-0.05, 0) is 17.7 Å². The summed E-state index contributed by atoms with van der Waals surface area (Å²) in [6.07, 6.45) is 0.708. The van der Waals surface area contributed by atoms with Gasteiger partial charge >= 0.3 is 0 Å².